The Labute approximate surface area is 139 Å². The highest BCUT2D eigenvalue weighted by molar-refractivity contribution is 6.07. The molecule has 6 nitrogen and oxygen atoms in total. The first-order chi connectivity index (χ1) is 11.6. The van der Waals surface area contributed by atoms with E-state index in [2.05, 4.69) is 10.7 Å². The first-order valence-electron chi connectivity index (χ1n) is 7.84. The Bertz CT molecular complexity index is 776. The Kier molecular flexibility index (Phi) is 3.55. The van der Waals surface area contributed by atoms with Gasteiger partial charge in [-0.1, -0.05) is 42.5 Å². The van der Waals surface area contributed by atoms with E-state index in [9.17, 15) is 14.7 Å². The first kappa shape index (κ1) is 14.9. The fourth-order valence-corrected chi connectivity index (χ4v) is 3.48. The zero-order valence-electron chi connectivity index (χ0n) is 12.8. The zero-order chi connectivity index (χ0) is 16.7. The Morgan fingerprint density at radius 2 is 1.67 bits per heavy atom. The molecule has 6 heteroatoms. The van der Waals surface area contributed by atoms with E-state index in [4.69, 9.17) is 0 Å². The van der Waals surface area contributed by atoms with Crippen LogP contribution in [0.1, 0.15) is 17.2 Å². The lowest BCUT2D eigenvalue weighted by Gasteiger charge is -2.22. The number of nitrogens with zero attached hydrogens (tertiary/aromatic N) is 1. The maximum Gasteiger partial charge on any atom is 0.246 e. The second kappa shape index (κ2) is 5.74. The predicted molar refractivity (Wildman–Crippen MR) is 86.4 cm³/mol. The number of nitrogens with one attached hydrogen (secondary N) is 2. The van der Waals surface area contributed by atoms with Crippen LogP contribution in [0.4, 0.5) is 0 Å². The van der Waals surface area contributed by atoms with Crippen molar-refractivity contribution < 1.29 is 14.7 Å². The molecule has 2 aliphatic heterocycles. The summed E-state index contributed by atoms with van der Waals surface area (Å²) in [6.07, 6.45) is 0. The number of imide groups is 1. The summed E-state index contributed by atoms with van der Waals surface area (Å²) in [6.45, 7) is 0.525. The topological polar surface area (TPSA) is 81.7 Å². The third kappa shape index (κ3) is 2.46. The number of aromatic hydroxyl groups is 1. The van der Waals surface area contributed by atoms with E-state index < -0.39 is 12.0 Å². The van der Waals surface area contributed by atoms with Crippen molar-refractivity contribution >= 4 is 11.8 Å². The lowest BCUT2D eigenvalue weighted by molar-refractivity contribution is -0.127. The van der Waals surface area contributed by atoms with Crippen LogP contribution in [0.2, 0.25) is 0 Å². The molecule has 0 aliphatic carbocycles. The molecule has 2 aromatic carbocycles. The van der Waals surface area contributed by atoms with Crippen molar-refractivity contribution in [2.24, 2.45) is 5.92 Å². The molecule has 4 rings (SSSR count). The van der Waals surface area contributed by atoms with Crippen molar-refractivity contribution in [1.29, 1.82) is 0 Å². The normalized spacial score (nSPS) is 26.4. The summed E-state index contributed by atoms with van der Waals surface area (Å²) in [5, 5.41) is 13.7. The molecule has 0 radical (unpaired) electrons. The molecule has 2 aromatic rings. The number of hydrazine groups is 1. The average Bonchev–Trinajstić information content (AvgIpc) is 3.09. The summed E-state index contributed by atoms with van der Waals surface area (Å²) in [5.74, 6) is -0.840. The molecular formula is C18H17N3O3. The maximum atomic E-state index is 12.3. The number of phenolic OH excluding ortho intramolecular Hbond substituents is 1. The molecule has 2 amide bonds. The Morgan fingerprint density at radius 1 is 0.958 bits per heavy atom. The molecule has 0 aromatic heterocycles. The van der Waals surface area contributed by atoms with Gasteiger partial charge >= 0.3 is 0 Å². The maximum absolute atomic E-state index is 12.3. The number of hydrogen-bond acceptors (Lipinski definition) is 5. The number of phenols is 1. The van der Waals surface area contributed by atoms with Crippen LogP contribution in [0.5, 0.6) is 5.75 Å². The van der Waals surface area contributed by atoms with Gasteiger partial charge in [-0.25, -0.2) is 10.4 Å². The SMILES string of the molecule is O=C1NC(=O)[C@@H]2[C@H]1[C@@H](c1ccc(O)cc1)NN2Cc1ccccc1. The van der Waals surface area contributed by atoms with Crippen molar-refractivity contribution in [3.05, 3.63) is 65.7 Å². The summed E-state index contributed by atoms with van der Waals surface area (Å²) >= 11 is 0. The minimum atomic E-state index is -0.531. The van der Waals surface area contributed by atoms with Crippen LogP contribution in [0.3, 0.4) is 0 Å². The van der Waals surface area contributed by atoms with Gasteiger partial charge in [0.2, 0.25) is 11.8 Å². The second-order valence-electron chi connectivity index (χ2n) is 6.14. The number of benzene rings is 2. The molecule has 122 valence electrons. The lowest BCUT2D eigenvalue weighted by atomic mass is 9.91. The largest absolute Gasteiger partial charge is 0.508 e. The highest BCUT2D eigenvalue weighted by Gasteiger charge is 2.54. The summed E-state index contributed by atoms with van der Waals surface area (Å²) < 4.78 is 0. The average molecular weight is 323 g/mol. The molecule has 2 saturated heterocycles. The summed E-state index contributed by atoms with van der Waals surface area (Å²) in [4.78, 5) is 24.5. The van der Waals surface area contributed by atoms with Gasteiger partial charge in [-0.15, -0.1) is 0 Å². The number of amides is 2. The van der Waals surface area contributed by atoms with Crippen molar-refractivity contribution in [1.82, 2.24) is 15.8 Å². The molecule has 0 bridgehead atoms. The molecule has 2 heterocycles. The van der Waals surface area contributed by atoms with Crippen LogP contribution >= 0.6 is 0 Å². The molecule has 2 fully saturated rings. The quantitative estimate of drug-likeness (QED) is 0.737. The highest BCUT2D eigenvalue weighted by Crippen LogP contribution is 2.37. The van der Waals surface area contributed by atoms with E-state index in [0.717, 1.165) is 11.1 Å². The van der Waals surface area contributed by atoms with Crippen LogP contribution in [-0.2, 0) is 16.1 Å². The van der Waals surface area contributed by atoms with Crippen LogP contribution in [0.15, 0.2) is 54.6 Å². The van der Waals surface area contributed by atoms with Gasteiger partial charge in [-0.05, 0) is 23.3 Å². The standard InChI is InChI=1S/C18H17N3O3/c22-13-8-6-12(7-9-13)15-14-16(18(24)19-17(14)23)21(20-15)10-11-4-2-1-3-5-11/h1-9,14-16,20,22H,10H2,(H,19,23,24)/t14-,15-,16+/m1/s1. The van der Waals surface area contributed by atoms with Crippen molar-refractivity contribution in [3.8, 4) is 5.75 Å². The van der Waals surface area contributed by atoms with Crippen LogP contribution in [0, 0.1) is 5.92 Å². The van der Waals surface area contributed by atoms with Gasteiger partial charge in [0.15, 0.2) is 0 Å². The number of carbonyl (C=O) groups is 2. The van der Waals surface area contributed by atoms with E-state index in [1.54, 1.807) is 24.3 Å². The molecule has 24 heavy (non-hydrogen) atoms. The van der Waals surface area contributed by atoms with Crippen LogP contribution in [-0.4, -0.2) is 28.0 Å². The van der Waals surface area contributed by atoms with Gasteiger partial charge in [-0.3, -0.25) is 14.9 Å². The molecular weight excluding hydrogens is 306 g/mol. The van der Waals surface area contributed by atoms with E-state index in [1.807, 2.05) is 35.3 Å². The van der Waals surface area contributed by atoms with Crippen LogP contribution in [0.25, 0.3) is 0 Å². The van der Waals surface area contributed by atoms with E-state index in [0.29, 0.717) is 6.54 Å². The molecule has 3 atom stereocenters. The highest BCUT2D eigenvalue weighted by atomic mass is 16.3. The summed E-state index contributed by atoms with van der Waals surface area (Å²) in [7, 11) is 0. The fraction of sp³-hybridized carbons (Fsp3) is 0.222. The second-order valence-corrected chi connectivity index (χ2v) is 6.14. The molecule has 3 N–H and O–H groups in total. The lowest BCUT2D eigenvalue weighted by Crippen LogP contribution is -2.43. The van der Waals surface area contributed by atoms with Gasteiger partial charge in [-0.2, -0.15) is 0 Å². The smallest absolute Gasteiger partial charge is 0.246 e. The minimum absolute atomic E-state index is 0.168. The number of fused-ring (bicyclic) bond motifs is 1. The van der Waals surface area contributed by atoms with Crippen molar-refractivity contribution in [2.45, 2.75) is 18.6 Å². The predicted octanol–water partition coefficient (Wildman–Crippen LogP) is 1.09. The molecule has 0 saturated carbocycles. The van der Waals surface area contributed by atoms with Gasteiger partial charge in [0, 0.05) is 6.54 Å². The summed E-state index contributed by atoms with van der Waals surface area (Å²) in [6, 6.07) is 15.7. The van der Waals surface area contributed by atoms with Crippen LogP contribution < -0.4 is 10.7 Å². The first-order valence-corrected chi connectivity index (χ1v) is 7.84. The van der Waals surface area contributed by atoms with Crippen molar-refractivity contribution in [3.63, 3.8) is 0 Å². The van der Waals surface area contributed by atoms with Gasteiger partial charge in [0.25, 0.3) is 0 Å². The minimum Gasteiger partial charge on any atom is -0.508 e. The van der Waals surface area contributed by atoms with E-state index in [-0.39, 0.29) is 23.6 Å². The summed E-state index contributed by atoms with van der Waals surface area (Å²) in [5.41, 5.74) is 5.23. The van der Waals surface area contributed by atoms with Crippen molar-refractivity contribution in [2.75, 3.05) is 0 Å². The third-order valence-corrected chi connectivity index (χ3v) is 4.61. The monoisotopic (exact) mass is 323 g/mol. The van der Waals surface area contributed by atoms with Gasteiger partial charge < -0.3 is 5.11 Å². The van der Waals surface area contributed by atoms with E-state index >= 15 is 0 Å². The molecule has 2 aliphatic rings. The third-order valence-electron chi connectivity index (χ3n) is 4.61. The molecule has 0 spiro atoms. The number of hydrogen-bond donors (Lipinski definition) is 3. The zero-order valence-corrected chi connectivity index (χ0v) is 12.8. The Hall–Kier alpha value is -2.70. The van der Waals surface area contributed by atoms with Gasteiger partial charge in [0.05, 0.1) is 12.0 Å². The van der Waals surface area contributed by atoms with Gasteiger partial charge in [0.1, 0.15) is 11.8 Å². The Balaban J connectivity index is 1.66. The Morgan fingerprint density at radius 3 is 2.38 bits per heavy atom. The number of rotatable bonds is 3. The fourth-order valence-electron chi connectivity index (χ4n) is 3.48. The number of carbonyl (C=O) groups excluding carboxylic acids is 2. The van der Waals surface area contributed by atoms with E-state index in [1.165, 1.54) is 0 Å². The molecule has 0 unspecified atom stereocenters.